The molecule has 1 heterocycles. The first-order valence-electron chi connectivity index (χ1n) is 7.26. The highest BCUT2D eigenvalue weighted by molar-refractivity contribution is 5.60. The van der Waals surface area contributed by atoms with Crippen LogP contribution in [0.15, 0.2) is 12.1 Å². The molecule has 0 aromatic heterocycles. The maximum atomic E-state index is 5.11. The van der Waals surface area contributed by atoms with Gasteiger partial charge in [0.25, 0.3) is 0 Å². The third-order valence-corrected chi connectivity index (χ3v) is 4.21. The Balaban J connectivity index is 2.02. The molecule has 2 rings (SSSR count). The molecule has 0 bridgehead atoms. The van der Waals surface area contributed by atoms with Gasteiger partial charge in [0.05, 0.1) is 6.61 Å². The molecule has 1 aromatic rings. The van der Waals surface area contributed by atoms with Gasteiger partial charge in [-0.1, -0.05) is 17.7 Å². The molecule has 1 saturated heterocycles. The number of hydrogen-bond donors (Lipinski definition) is 1. The largest absolute Gasteiger partial charge is 0.371 e. The van der Waals surface area contributed by atoms with Gasteiger partial charge < -0.3 is 9.74 Å². The van der Waals surface area contributed by atoms with E-state index in [-0.39, 0.29) is 0 Å². The van der Waals surface area contributed by atoms with Gasteiger partial charge in [-0.3, -0.25) is 0 Å². The van der Waals surface area contributed by atoms with E-state index in [2.05, 4.69) is 37.8 Å². The van der Waals surface area contributed by atoms with Gasteiger partial charge in [0.2, 0.25) is 0 Å². The molecule has 3 nitrogen and oxygen atoms in total. The summed E-state index contributed by atoms with van der Waals surface area (Å²) in [4.78, 5) is 7.24. The van der Waals surface area contributed by atoms with Crippen LogP contribution in [0.5, 0.6) is 0 Å². The van der Waals surface area contributed by atoms with Gasteiger partial charge >= 0.3 is 0 Å². The fraction of sp³-hybridized carbons (Fsp3) is 0.625. The molecule has 1 aromatic carbocycles. The zero-order valence-electron chi connectivity index (χ0n) is 12.4. The average Bonchev–Trinajstić information content (AvgIpc) is 2.36. The van der Waals surface area contributed by atoms with Gasteiger partial charge in [-0.25, -0.2) is 5.90 Å². The molecule has 2 N–H and O–H groups in total. The predicted molar refractivity (Wildman–Crippen MR) is 80.3 cm³/mol. The van der Waals surface area contributed by atoms with E-state index >= 15 is 0 Å². The monoisotopic (exact) mass is 262 g/mol. The first-order chi connectivity index (χ1) is 9.11. The van der Waals surface area contributed by atoms with Crippen LogP contribution in [-0.2, 0) is 4.84 Å². The van der Waals surface area contributed by atoms with Crippen LogP contribution in [0.4, 0.5) is 5.69 Å². The van der Waals surface area contributed by atoms with E-state index < -0.39 is 0 Å². The number of benzene rings is 1. The highest BCUT2D eigenvalue weighted by atomic mass is 16.6. The first-order valence-corrected chi connectivity index (χ1v) is 7.26. The molecule has 0 saturated carbocycles. The Morgan fingerprint density at radius 2 is 1.74 bits per heavy atom. The maximum absolute atomic E-state index is 5.11. The minimum absolute atomic E-state index is 0.688. The normalized spacial score (nSPS) is 16.9. The highest BCUT2D eigenvalue weighted by Crippen LogP contribution is 2.30. The maximum Gasteiger partial charge on any atom is 0.0681 e. The standard InChI is InChI=1S/C16H26N2O/c1-12-10-13(2)16(14(3)11-12)18-7-4-15(5-8-18)6-9-19-17/h10-11,15H,4-9,17H2,1-3H3. The predicted octanol–water partition coefficient (Wildman–Crippen LogP) is 3.11. The van der Waals surface area contributed by atoms with Crippen LogP contribution in [-0.4, -0.2) is 19.7 Å². The topological polar surface area (TPSA) is 38.5 Å². The van der Waals surface area contributed by atoms with Crippen molar-refractivity contribution >= 4 is 5.69 Å². The summed E-state index contributed by atoms with van der Waals surface area (Å²) in [5.74, 6) is 5.88. The van der Waals surface area contributed by atoms with Crippen molar-refractivity contribution in [3.05, 3.63) is 28.8 Å². The number of rotatable bonds is 4. The molecule has 0 unspecified atom stereocenters. The number of aryl methyl sites for hydroxylation is 3. The average molecular weight is 262 g/mol. The molecule has 0 aliphatic carbocycles. The zero-order valence-corrected chi connectivity index (χ0v) is 12.4. The highest BCUT2D eigenvalue weighted by Gasteiger charge is 2.21. The summed E-state index contributed by atoms with van der Waals surface area (Å²) in [7, 11) is 0. The van der Waals surface area contributed by atoms with Crippen molar-refractivity contribution in [1.29, 1.82) is 0 Å². The Morgan fingerprint density at radius 1 is 1.16 bits per heavy atom. The van der Waals surface area contributed by atoms with Crippen molar-refractivity contribution in [2.24, 2.45) is 11.8 Å². The van der Waals surface area contributed by atoms with E-state index in [4.69, 9.17) is 10.7 Å². The second-order valence-corrected chi connectivity index (χ2v) is 5.84. The number of hydrogen-bond acceptors (Lipinski definition) is 3. The number of piperidine rings is 1. The van der Waals surface area contributed by atoms with E-state index in [1.165, 1.54) is 35.2 Å². The van der Waals surface area contributed by atoms with Crippen LogP contribution >= 0.6 is 0 Å². The van der Waals surface area contributed by atoms with E-state index in [1.54, 1.807) is 0 Å². The van der Waals surface area contributed by atoms with Gasteiger partial charge in [0.15, 0.2) is 0 Å². The molecule has 0 radical (unpaired) electrons. The van der Waals surface area contributed by atoms with Crippen LogP contribution in [0, 0.1) is 26.7 Å². The summed E-state index contributed by atoms with van der Waals surface area (Å²) in [6.45, 7) is 9.61. The molecule has 0 atom stereocenters. The molecule has 1 fully saturated rings. The lowest BCUT2D eigenvalue weighted by atomic mass is 9.92. The number of nitrogens with two attached hydrogens (primary N) is 1. The lowest BCUT2D eigenvalue weighted by Crippen LogP contribution is -2.35. The van der Waals surface area contributed by atoms with Gasteiger partial charge in [-0.2, -0.15) is 0 Å². The molecule has 3 heteroatoms. The molecule has 0 spiro atoms. The van der Waals surface area contributed by atoms with Crippen molar-refractivity contribution in [2.45, 2.75) is 40.0 Å². The van der Waals surface area contributed by atoms with Crippen LogP contribution in [0.2, 0.25) is 0 Å². The van der Waals surface area contributed by atoms with Gasteiger partial charge in [0.1, 0.15) is 0 Å². The summed E-state index contributed by atoms with van der Waals surface area (Å²) >= 11 is 0. The van der Waals surface area contributed by atoms with Crippen LogP contribution in [0.25, 0.3) is 0 Å². The zero-order chi connectivity index (χ0) is 13.8. The molecular weight excluding hydrogens is 236 g/mol. The third-order valence-electron chi connectivity index (χ3n) is 4.21. The summed E-state index contributed by atoms with van der Waals surface area (Å²) in [6.07, 6.45) is 3.59. The van der Waals surface area contributed by atoms with E-state index in [0.29, 0.717) is 6.61 Å². The summed E-state index contributed by atoms with van der Waals surface area (Å²) in [5.41, 5.74) is 5.61. The Kier molecular flexibility index (Phi) is 4.83. The summed E-state index contributed by atoms with van der Waals surface area (Å²) in [5, 5.41) is 0. The SMILES string of the molecule is Cc1cc(C)c(N2CCC(CCON)CC2)c(C)c1. The lowest BCUT2D eigenvalue weighted by Gasteiger charge is -2.35. The number of anilines is 1. The van der Waals surface area contributed by atoms with E-state index in [0.717, 1.165) is 25.4 Å². The van der Waals surface area contributed by atoms with Crippen LogP contribution in [0.1, 0.15) is 36.0 Å². The smallest absolute Gasteiger partial charge is 0.0681 e. The van der Waals surface area contributed by atoms with Crippen LogP contribution < -0.4 is 10.8 Å². The van der Waals surface area contributed by atoms with Crippen molar-refractivity contribution in [2.75, 3.05) is 24.6 Å². The van der Waals surface area contributed by atoms with Crippen molar-refractivity contribution in [1.82, 2.24) is 0 Å². The Hall–Kier alpha value is -1.06. The fourth-order valence-electron chi connectivity index (χ4n) is 3.35. The minimum atomic E-state index is 0.688. The van der Waals surface area contributed by atoms with E-state index in [9.17, 15) is 0 Å². The Morgan fingerprint density at radius 3 is 2.26 bits per heavy atom. The molecule has 0 amide bonds. The lowest BCUT2D eigenvalue weighted by molar-refractivity contribution is 0.118. The molecule has 19 heavy (non-hydrogen) atoms. The van der Waals surface area contributed by atoms with Crippen molar-refractivity contribution in [3.63, 3.8) is 0 Å². The molecule has 106 valence electrons. The molecule has 1 aliphatic rings. The van der Waals surface area contributed by atoms with Gasteiger partial charge in [-0.05, 0) is 57.1 Å². The van der Waals surface area contributed by atoms with Gasteiger partial charge in [-0.15, -0.1) is 0 Å². The van der Waals surface area contributed by atoms with Gasteiger partial charge in [0, 0.05) is 18.8 Å². The molecule has 1 aliphatic heterocycles. The first kappa shape index (κ1) is 14.4. The second kappa shape index (κ2) is 6.40. The van der Waals surface area contributed by atoms with E-state index in [1.807, 2.05) is 0 Å². The van der Waals surface area contributed by atoms with Crippen LogP contribution in [0.3, 0.4) is 0 Å². The third kappa shape index (κ3) is 3.48. The van der Waals surface area contributed by atoms with Crippen molar-refractivity contribution < 1.29 is 4.84 Å². The fourth-order valence-corrected chi connectivity index (χ4v) is 3.35. The van der Waals surface area contributed by atoms with Crippen molar-refractivity contribution in [3.8, 4) is 0 Å². The quantitative estimate of drug-likeness (QED) is 0.847. The number of nitrogens with zero attached hydrogens (tertiary/aromatic N) is 1. The second-order valence-electron chi connectivity index (χ2n) is 5.84. The Labute approximate surface area is 116 Å². The Bertz CT molecular complexity index is 400. The molecular formula is C16H26N2O. The summed E-state index contributed by atoms with van der Waals surface area (Å²) < 4.78 is 0. The summed E-state index contributed by atoms with van der Waals surface area (Å²) in [6, 6.07) is 4.58. The minimum Gasteiger partial charge on any atom is -0.371 e.